The van der Waals surface area contributed by atoms with E-state index in [2.05, 4.69) is 18.7 Å². The van der Waals surface area contributed by atoms with Crippen LogP contribution in [0.15, 0.2) is 24.3 Å². The van der Waals surface area contributed by atoms with Crippen LogP contribution in [0.25, 0.3) is 0 Å². The maximum absolute atomic E-state index is 11.0. The van der Waals surface area contributed by atoms with Crippen molar-refractivity contribution >= 4 is 5.97 Å². The van der Waals surface area contributed by atoms with Gasteiger partial charge in [0.25, 0.3) is 0 Å². The Labute approximate surface area is 108 Å². The first-order valence-corrected chi connectivity index (χ1v) is 6.66. The first-order chi connectivity index (χ1) is 8.58. The number of carboxylic acid groups (broad SMARTS) is 1. The Balaban J connectivity index is 2.12. The molecule has 3 nitrogen and oxygen atoms in total. The molecule has 18 heavy (non-hydrogen) atoms. The van der Waals surface area contributed by atoms with E-state index in [1.54, 1.807) is 12.1 Å². The number of aromatic carboxylic acids is 1. The molecule has 1 aromatic rings. The average molecular weight is 247 g/mol. The van der Waals surface area contributed by atoms with Crippen LogP contribution in [-0.2, 0) is 6.54 Å². The van der Waals surface area contributed by atoms with Crippen LogP contribution in [0.1, 0.15) is 49.0 Å². The molecule has 3 heteroatoms. The SMILES string of the molecule is CC1CCCC(C)N1Cc1cccc(C(=O)O)c1. The fourth-order valence-electron chi connectivity index (χ4n) is 2.80. The molecule has 1 aromatic carbocycles. The first-order valence-electron chi connectivity index (χ1n) is 6.66. The van der Waals surface area contributed by atoms with Crippen LogP contribution < -0.4 is 0 Å². The highest BCUT2D eigenvalue weighted by Crippen LogP contribution is 2.24. The lowest BCUT2D eigenvalue weighted by molar-refractivity contribution is 0.0696. The highest BCUT2D eigenvalue weighted by molar-refractivity contribution is 5.87. The molecular formula is C15H21NO2. The second kappa shape index (κ2) is 5.53. The third-order valence-corrected chi connectivity index (χ3v) is 3.92. The summed E-state index contributed by atoms with van der Waals surface area (Å²) in [6, 6.07) is 8.45. The quantitative estimate of drug-likeness (QED) is 0.892. The molecule has 0 spiro atoms. The van der Waals surface area contributed by atoms with Crippen molar-refractivity contribution in [1.29, 1.82) is 0 Å². The van der Waals surface area contributed by atoms with E-state index < -0.39 is 5.97 Å². The number of likely N-dealkylation sites (tertiary alicyclic amines) is 1. The second-order valence-corrected chi connectivity index (χ2v) is 5.31. The summed E-state index contributed by atoms with van der Waals surface area (Å²) in [7, 11) is 0. The normalized spacial score (nSPS) is 25.0. The van der Waals surface area contributed by atoms with E-state index in [-0.39, 0.29) is 0 Å². The molecule has 0 amide bonds. The zero-order chi connectivity index (χ0) is 13.1. The highest BCUT2D eigenvalue weighted by Gasteiger charge is 2.24. The van der Waals surface area contributed by atoms with Crippen molar-refractivity contribution in [3.63, 3.8) is 0 Å². The van der Waals surface area contributed by atoms with Gasteiger partial charge in [-0.3, -0.25) is 4.90 Å². The molecule has 0 aliphatic carbocycles. The number of hydrogen-bond acceptors (Lipinski definition) is 2. The van der Waals surface area contributed by atoms with Crippen LogP contribution in [0.2, 0.25) is 0 Å². The van der Waals surface area contributed by atoms with E-state index in [9.17, 15) is 4.79 Å². The molecule has 0 radical (unpaired) electrons. The van der Waals surface area contributed by atoms with Crippen molar-refractivity contribution in [2.45, 2.75) is 51.7 Å². The van der Waals surface area contributed by atoms with Gasteiger partial charge in [0.05, 0.1) is 5.56 Å². The fourth-order valence-corrected chi connectivity index (χ4v) is 2.80. The predicted octanol–water partition coefficient (Wildman–Crippen LogP) is 3.15. The number of carbonyl (C=O) groups is 1. The predicted molar refractivity (Wildman–Crippen MR) is 71.7 cm³/mol. The smallest absolute Gasteiger partial charge is 0.335 e. The molecule has 0 saturated carbocycles. The van der Waals surface area contributed by atoms with Gasteiger partial charge in [-0.2, -0.15) is 0 Å². The van der Waals surface area contributed by atoms with Gasteiger partial charge in [0.15, 0.2) is 0 Å². The van der Waals surface area contributed by atoms with Crippen molar-refractivity contribution in [1.82, 2.24) is 4.90 Å². The van der Waals surface area contributed by atoms with E-state index in [0.29, 0.717) is 17.6 Å². The third kappa shape index (κ3) is 2.91. The Bertz CT molecular complexity index is 420. The Morgan fingerprint density at radius 2 is 2.00 bits per heavy atom. The van der Waals surface area contributed by atoms with Crippen molar-refractivity contribution in [3.8, 4) is 0 Å². The van der Waals surface area contributed by atoms with Gasteiger partial charge in [-0.15, -0.1) is 0 Å². The minimum Gasteiger partial charge on any atom is -0.478 e. The van der Waals surface area contributed by atoms with Crippen molar-refractivity contribution in [2.75, 3.05) is 0 Å². The van der Waals surface area contributed by atoms with E-state index in [4.69, 9.17) is 5.11 Å². The van der Waals surface area contributed by atoms with E-state index in [0.717, 1.165) is 12.1 Å². The van der Waals surface area contributed by atoms with Crippen molar-refractivity contribution < 1.29 is 9.90 Å². The molecular weight excluding hydrogens is 226 g/mol. The highest BCUT2D eigenvalue weighted by atomic mass is 16.4. The van der Waals surface area contributed by atoms with E-state index >= 15 is 0 Å². The number of nitrogens with zero attached hydrogens (tertiary/aromatic N) is 1. The van der Waals surface area contributed by atoms with E-state index in [1.165, 1.54) is 19.3 Å². The van der Waals surface area contributed by atoms with E-state index in [1.807, 2.05) is 12.1 Å². The van der Waals surface area contributed by atoms with Gasteiger partial charge < -0.3 is 5.11 Å². The lowest BCUT2D eigenvalue weighted by Crippen LogP contribution is -2.42. The van der Waals surface area contributed by atoms with Crippen molar-refractivity contribution in [3.05, 3.63) is 35.4 Å². The third-order valence-electron chi connectivity index (χ3n) is 3.92. The lowest BCUT2D eigenvalue weighted by atomic mass is 9.96. The van der Waals surface area contributed by atoms with Crippen molar-refractivity contribution in [2.24, 2.45) is 0 Å². The molecule has 1 aliphatic rings. The van der Waals surface area contributed by atoms with Crippen LogP contribution in [-0.4, -0.2) is 28.1 Å². The van der Waals surface area contributed by atoms with Crippen LogP contribution in [0, 0.1) is 0 Å². The minimum atomic E-state index is -0.850. The summed E-state index contributed by atoms with van der Waals surface area (Å²) >= 11 is 0. The maximum atomic E-state index is 11.0. The zero-order valence-electron chi connectivity index (χ0n) is 11.1. The fraction of sp³-hybridized carbons (Fsp3) is 0.533. The first kappa shape index (κ1) is 13.1. The standard InChI is InChI=1S/C15H21NO2/c1-11-5-3-6-12(2)16(11)10-13-7-4-8-14(9-13)15(17)18/h4,7-9,11-12H,3,5-6,10H2,1-2H3,(H,17,18). The summed E-state index contributed by atoms with van der Waals surface area (Å²) in [6.45, 7) is 5.37. The molecule has 1 aliphatic heterocycles. The number of piperidine rings is 1. The van der Waals surface area contributed by atoms with Crippen LogP contribution in [0.4, 0.5) is 0 Å². The molecule has 2 unspecified atom stereocenters. The number of benzene rings is 1. The lowest BCUT2D eigenvalue weighted by Gasteiger charge is -2.39. The molecule has 0 aromatic heterocycles. The number of rotatable bonds is 3. The molecule has 1 fully saturated rings. The topological polar surface area (TPSA) is 40.5 Å². The minimum absolute atomic E-state index is 0.379. The van der Waals surface area contributed by atoms with Crippen LogP contribution in [0.5, 0.6) is 0 Å². The largest absolute Gasteiger partial charge is 0.478 e. The number of carboxylic acids is 1. The summed E-state index contributed by atoms with van der Waals surface area (Å²) in [5.41, 5.74) is 1.47. The summed E-state index contributed by atoms with van der Waals surface area (Å²) in [5, 5.41) is 9.01. The Morgan fingerprint density at radius 1 is 1.33 bits per heavy atom. The number of hydrogen-bond donors (Lipinski definition) is 1. The summed E-state index contributed by atoms with van der Waals surface area (Å²) < 4.78 is 0. The van der Waals surface area contributed by atoms with Gasteiger partial charge in [-0.25, -0.2) is 4.79 Å². The Kier molecular flexibility index (Phi) is 4.02. The molecule has 1 saturated heterocycles. The van der Waals surface area contributed by atoms with Gasteiger partial charge in [0, 0.05) is 18.6 Å². The Morgan fingerprint density at radius 3 is 2.61 bits per heavy atom. The van der Waals surface area contributed by atoms with Gasteiger partial charge in [-0.05, 0) is 44.4 Å². The van der Waals surface area contributed by atoms with Gasteiger partial charge in [0.1, 0.15) is 0 Å². The zero-order valence-corrected chi connectivity index (χ0v) is 11.1. The summed E-state index contributed by atoms with van der Waals surface area (Å²) in [6.07, 6.45) is 3.78. The Hall–Kier alpha value is -1.35. The van der Waals surface area contributed by atoms with Crippen LogP contribution in [0.3, 0.4) is 0 Å². The average Bonchev–Trinajstić information content (AvgIpc) is 2.34. The molecule has 2 atom stereocenters. The van der Waals surface area contributed by atoms with Gasteiger partial charge in [-0.1, -0.05) is 18.6 Å². The molecule has 1 heterocycles. The molecule has 2 rings (SSSR count). The maximum Gasteiger partial charge on any atom is 0.335 e. The van der Waals surface area contributed by atoms with Gasteiger partial charge >= 0.3 is 5.97 Å². The molecule has 98 valence electrons. The molecule has 0 bridgehead atoms. The summed E-state index contributed by atoms with van der Waals surface area (Å²) in [5.74, 6) is -0.850. The monoisotopic (exact) mass is 247 g/mol. The van der Waals surface area contributed by atoms with Gasteiger partial charge in [0.2, 0.25) is 0 Å². The van der Waals surface area contributed by atoms with Crippen LogP contribution >= 0.6 is 0 Å². The second-order valence-electron chi connectivity index (χ2n) is 5.31. The summed E-state index contributed by atoms with van der Waals surface area (Å²) in [4.78, 5) is 13.4. The molecule has 1 N–H and O–H groups in total.